The molecule has 0 saturated heterocycles. The van der Waals surface area contributed by atoms with Crippen LogP contribution in [0.3, 0.4) is 0 Å². The average molecular weight is 412 g/mol. The van der Waals surface area contributed by atoms with Gasteiger partial charge in [-0.2, -0.15) is 0 Å². The Bertz CT molecular complexity index is 1180. The molecule has 1 aromatic carbocycles. The third-order valence-corrected chi connectivity index (χ3v) is 4.55. The van der Waals surface area contributed by atoms with Crippen molar-refractivity contribution in [2.45, 2.75) is 53.2 Å². The van der Waals surface area contributed by atoms with E-state index in [-0.39, 0.29) is 16.9 Å². The van der Waals surface area contributed by atoms with Crippen molar-refractivity contribution in [2.24, 2.45) is 0 Å². The smallest absolute Gasteiger partial charge is 0.408 e. The van der Waals surface area contributed by atoms with Crippen LogP contribution in [0.2, 0.25) is 0 Å². The van der Waals surface area contributed by atoms with Gasteiger partial charge in [-0.25, -0.2) is 9.18 Å². The van der Waals surface area contributed by atoms with Gasteiger partial charge in [-0.05, 0) is 59.2 Å². The maximum absolute atomic E-state index is 13.7. The van der Waals surface area contributed by atoms with Crippen LogP contribution in [-0.4, -0.2) is 16.7 Å². The standard InChI is InChI=1S/C23H25FN2O4/c1-12-9-16(14(3)26-22(28)30-23(4,5)6)21-17(10-12)19(27)13(2)20(29-21)18-11-15(24)7-8-25-18/h7-11,14H,1-6H3,(H,26,28)/t14-/m1/s1. The topological polar surface area (TPSA) is 81.4 Å². The Labute approximate surface area is 174 Å². The van der Waals surface area contributed by atoms with Crippen LogP contribution in [0.5, 0.6) is 0 Å². The van der Waals surface area contributed by atoms with E-state index in [1.165, 1.54) is 18.3 Å². The van der Waals surface area contributed by atoms with Crippen LogP contribution in [0.15, 0.2) is 39.7 Å². The van der Waals surface area contributed by atoms with Crippen molar-refractivity contribution in [1.29, 1.82) is 0 Å². The lowest BCUT2D eigenvalue weighted by atomic mass is 9.99. The molecule has 30 heavy (non-hydrogen) atoms. The Morgan fingerprint density at radius 1 is 1.23 bits per heavy atom. The summed E-state index contributed by atoms with van der Waals surface area (Å²) in [5, 5.41) is 3.17. The second kappa shape index (κ2) is 7.89. The molecule has 1 atom stereocenters. The Balaban J connectivity index is 2.15. The number of halogens is 1. The largest absolute Gasteiger partial charge is 0.454 e. The molecule has 0 spiro atoms. The van der Waals surface area contributed by atoms with Crippen molar-refractivity contribution < 1.29 is 18.3 Å². The molecule has 0 bridgehead atoms. The van der Waals surface area contributed by atoms with Gasteiger partial charge in [0.25, 0.3) is 0 Å². The van der Waals surface area contributed by atoms with Crippen LogP contribution in [-0.2, 0) is 4.74 Å². The van der Waals surface area contributed by atoms with Gasteiger partial charge in [0.05, 0.1) is 11.4 Å². The van der Waals surface area contributed by atoms with E-state index < -0.39 is 23.6 Å². The van der Waals surface area contributed by atoms with Gasteiger partial charge < -0.3 is 14.5 Å². The highest BCUT2D eigenvalue weighted by molar-refractivity contribution is 5.84. The first kappa shape index (κ1) is 21.5. The van der Waals surface area contributed by atoms with E-state index in [1.807, 2.05) is 13.0 Å². The Morgan fingerprint density at radius 3 is 2.57 bits per heavy atom. The minimum Gasteiger partial charge on any atom is -0.454 e. The maximum Gasteiger partial charge on any atom is 0.408 e. The number of aromatic nitrogens is 1. The molecule has 158 valence electrons. The zero-order valence-electron chi connectivity index (χ0n) is 17.9. The minimum absolute atomic E-state index is 0.196. The number of carbonyl (C=O) groups excluding carboxylic acids is 1. The van der Waals surface area contributed by atoms with E-state index in [2.05, 4.69) is 10.3 Å². The third kappa shape index (κ3) is 4.50. The van der Waals surface area contributed by atoms with E-state index >= 15 is 0 Å². The molecular weight excluding hydrogens is 387 g/mol. The summed E-state index contributed by atoms with van der Waals surface area (Å²) in [5.74, 6) is -0.284. The van der Waals surface area contributed by atoms with Crippen molar-refractivity contribution in [3.05, 3.63) is 63.2 Å². The highest BCUT2D eigenvalue weighted by Gasteiger charge is 2.22. The molecule has 2 aromatic heterocycles. The zero-order chi connectivity index (χ0) is 22.2. The Hall–Kier alpha value is -3.22. The highest BCUT2D eigenvalue weighted by atomic mass is 19.1. The van der Waals surface area contributed by atoms with E-state index in [0.29, 0.717) is 22.1 Å². The van der Waals surface area contributed by atoms with E-state index in [9.17, 15) is 14.0 Å². The van der Waals surface area contributed by atoms with Crippen LogP contribution in [0.1, 0.15) is 50.4 Å². The number of alkyl carbamates (subject to hydrolysis) is 1. The molecule has 0 saturated carbocycles. The first-order valence-electron chi connectivity index (χ1n) is 9.65. The number of nitrogens with zero attached hydrogens (tertiary/aromatic N) is 1. The Morgan fingerprint density at radius 2 is 1.93 bits per heavy atom. The highest BCUT2D eigenvalue weighted by Crippen LogP contribution is 2.30. The molecule has 0 radical (unpaired) electrons. The number of aryl methyl sites for hydroxylation is 1. The number of hydrogen-bond donors (Lipinski definition) is 1. The van der Waals surface area contributed by atoms with Crippen LogP contribution >= 0.6 is 0 Å². The summed E-state index contributed by atoms with van der Waals surface area (Å²) in [7, 11) is 0. The summed E-state index contributed by atoms with van der Waals surface area (Å²) in [4.78, 5) is 29.4. The van der Waals surface area contributed by atoms with Crippen LogP contribution in [0.25, 0.3) is 22.4 Å². The second-order valence-corrected chi connectivity index (χ2v) is 8.34. The fraction of sp³-hybridized carbons (Fsp3) is 0.348. The number of amides is 1. The average Bonchev–Trinajstić information content (AvgIpc) is 2.62. The predicted molar refractivity (Wildman–Crippen MR) is 113 cm³/mol. The van der Waals surface area contributed by atoms with Crippen molar-refractivity contribution in [2.75, 3.05) is 0 Å². The van der Waals surface area contributed by atoms with Crippen LogP contribution in [0, 0.1) is 19.7 Å². The van der Waals surface area contributed by atoms with Crippen molar-refractivity contribution >= 4 is 17.1 Å². The van der Waals surface area contributed by atoms with Gasteiger partial charge in [-0.1, -0.05) is 6.07 Å². The van der Waals surface area contributed by atoms with Gasteiger partial charge in [0.1, 0.15) is 22.7 Å². The van der Waals surface area contributed by atoms with Gasteiger partial charge >= 0.3 is 6.09 Å². The van der Waals surface area contributed by atoms with Crippen molar-refractivity contribution in [1.82, 2.24) is 10.3 Å². The molecule has 0 aliphatic carbocycles. The van der Waals surface area contributed by atoms with Crippen molar-refractivity contribution in [3.63, 3.8) is 0 Å². The van der Waals surface area contributed by atoms with E-state index in [4.69, 9.17) is 9.15 Å². The minimum atomic E-state index is -0.641. The normalized spacial score (nSPS) is 12.6. The molecule has 6 nitrogen and oxygen atoms in total. The molecule has 2 heterocycles. The van der Waals surface area contributed by atoms with Gasteiger partial charge in [0.2, 0.25) is 0 Å². The third-order valence-electron chi connectivity index (χ3n) is 4.55. The van der Waals surface area contributed by atoms with Crippen molar-refractivity contribution in [3.8, 4) is 11.5 Å². The number of nitrogens with one attached hydrogen (secondary N) is 1. The lowest BCUT2D eigenvalue weighted by Gasteiger charge is -2.22. The zero-order valence-corrected chi connectivity index (χ0v) is 17.9. The maximum atomic E-state index is 13.7. The fourth-order valence-electron chi connectivity index (χ4n) is 3.22. The quantitative estimate of drug-likeness (QED) is 0.640. The molecule has 3 aromatic rings. The summed E-state index contributed by atoms with van der Waals surface area (Å²) in [6.45, 7) is 10.6. The molecule has 0 unspecified atom stereocenters. The molecular formula is C23H25FN2O4. The summed E-state index contributed by atoms with van der Waals surface area (Å²) >= 11 is 0. The molecule has 0 aliphatic heterocycles. The summed E-state index contributed by atoms with van der Waals surface area (Å²) in [6.07, 6.45) is 0.739. The molecule has 1 N–H and O–H groups in total. The number of rotatable bonds is 3. The summed E-state index contributed by atoms with van der Waals surface area (Å²) < 4.78 is 25.1. The number of carbonyl (C=O) groups is 1. The van der Waals surface area contributed by atoms with Crippen LogP contribution in [0.4, 0.5) is 9.18 Å². The predicted octanol–water partition coefficient (Wildman–Crippen LogP) is 5.20. The van der Waals surface area contributed by atoms with Gasteiger partial charge in [-0.15, -0.1) is 0 Å². The number of fused-ring (bicyclic) bond motifs is 1. The number of benzene rings is 1. The first-order chi connectivity index (χ1) is 14.0. The second-order valence-electron chi connectivity index (χ2n) is 8.34. The number of ether oxygens (including phenoxy) is 1. The molecule has 1 amide bonds. The van der Waals surface area contributed by atoms with Gasteiger partial charge in [-0.3, -0.25) is 9.78 Å². The molecule has 7 heteroatoms. The van der Waals surface area contributed by atoms with Gasteiger partial charge in [0, 0.05) is 23.4 Å². The fourth-order valence-corrected chi connectivity index (χ4v) is 3.22. The lowest BCUT2D eigenvalue weighted by Crippen LogP contribution is -2.34. The number of hydrogen-bond acceptors (Lipinski definition) is 5. The lowest BCUT2D eigenvalue weighted by molar-refractivity contribution is 0.0508. The summed E-state index contributed by atoms with van der Waals surface area (Å²) in [5.41, 5.74) is 1.48. The summed E-state index contributed by atoms with van der Waals surface area (Å²) in [6, 6.07) is 5.51. The Kier molecular flexibility index (Phi) is 5.65. The first-order valence-corrected chi connectivity index (χ1v) is 9.65. The van der Waals surface area contributed by atoms with Crippen LogP contribution < -0.4 is 10.7 Å². The van der Waals surface area contributed by atoms with Gasteiger partial charge in [0.15, 0.2) is 11.2 Å². The number of pyridine rings is 1. The van der Waals surface area contributed by atoms with E-state index in [1.54, 1.807) is 40.7 Å². The molecule has 0 fully saturated rings. The van der Waals surface area contributed by atoms with E-state index in [0.717, 1.165) is 5.56 Å². The molecule has 3 rings (SSSR count). The SMILES string of the molecule is Cc1cc([C@@H](C)NC(=O)OC(C)(C)C)c2oc(-c3cc(F)ccn3)c(C)c(=O)c2c1. The molecule has 0 aliphatic rings. The monoisotopic (exact) mass is 412 g/mol.